The Balaban J connectivity index is 2.26. The summed E-state index contributed by atoms with van der Waals surface area (Å²) in [5, 5.41) is 10.8. The molecule has 15 heavy (non-hydrogen) atoms. The number of nitrogens with one attached hydrogen (secondary N) is 1. The van der Waals surface area contributed by atoms with Gasteiger partial charge in [0.15, 0.2) is 0 Å². The van der Waals surface area contributed by atoms with E-state index in [-0.39, 0.29) is 5.97 Å². The Morgan fingerprint density at radius 2 is 2.27 bits per heavy atom. The van der Waals surface area contributed by atoms with Gasteiger partial charge in [0.05, 0.1) is 18.7 Å². The van der Waals surface area contributed by atoms with Crippen LogP contribution in [-0.2, 0) is 9.53 Å². The van der Waals surface area contributed by atoms with Crippen LogP contribution in [0.3, 0.4) is 0 Å². The SMILES string of the molecule is CCOC(=O)CCNc1ccc(C)nn1. The van der Waals surface area contributed by atoms with Gasteiger partial charge in [-0.3, -0.25) is 4.79 Å². The van der Waals surface area contributed by atoms with Crippen LogP contribution < -0.4 is 5.32 Å². The van der Waals surface area contributed by atoms with E-state index in [1.807, 2.05) is 19.1 Å². The Morgan fingerprint density at radius 1 is 1.47 bits per heavy atom. The van der Waals surface area contributed by atoms with Gasteiger partial charge >= 0.3 is 5.97 Å². The molecule has 1 rings (SSSR count). The maximum Gasteiger partial charge on any atom is 0.307 e. The van der Waals surface area contributed by atoms with Crippen molar-refractivity contribution >= 4 is 11.8 Å². The highest BCUT2D eigenvalue weighted by atomic mass is 16.5. The largest absolute Gasteiger partial charge is 0.466 e. The number of esters is 1. The van der Waals surface area contributed by atoms with Gasteiger partial charge in [-0.25, -0.2) is 0 Å². The summed E-state index contributed by atoms with van der Waals surface area (Å²) in [6.45, 7) is 4.59. The number of anilines is 1. The lowest BCUT2D eigenvalue weighted by molar-refractivity contribution is -0.142. The maximum absolute atomic E-state index is 11.0. The molecule has 0 aliphatic heterocycles. The zero-order chi connectivity index (χ0) is 11.1. The molecular weight excluding hydrogens is 194 g/mol. The molecular formula is C10H15N3O2. The third kappa shape index (κ3) is 4.39. The lowest BCUT2D eigenvalue weighted by atomic mass is 10.4. The van der Waals surface area contributed by atoms with E-state index >= 15 is 0 Å². The van der Waals surface area contributed by atoms with Gasteiger partial charge in [0, 0.05) is 6.54 Å². The molecule has 82 valence electrons. The van der Waals surface area contributed by atoms with Crippen LogP contribution in [0.2, 0.25) is 0 Å². The fraction of sp³-hybridized carbons (Fsp3) is 0.500. The summed E-state index contributed by atoms with van der Waals surface area (Å²) in [7, 11) is 0. The van der Waals surface area contributed by atoms with Crippen molar-refractivity contribution < 1.29 is 9.53 Å². The number of ether oxygens (including phenoxy) is 1. The molecule has 0 amide bonds. The number of carbonyl (C=O) groups excluding carboxylic acids is 1. The van der Waals surface area contributed by atoms with Crippen molar-refractivity contribution in [2.24, 2.45) is 0 Å². The first-order chi connectivity index (χ1) is 7.22. The second kappa shape index (κ2) is 5.95. The van der Waals surface area contributed by atoms with Crippen LogP contribution in [0.15, 0.2) is 12.1 Å². The summed E-state index contributed by atoms with van der Waals surface area (Å²) in [6.07, 6.45) is 0.337. The van der Waals surface area contributed by atoms with Crippen LogP contribution in [0.25, 0.3) is 0 Å². The Morgan fingerprint density at radius 3 is 2.87 bits per heavy atom. The van der Waals surface area contributed by atoms with E-state index in [0.717, 1.165) is 5.69 Å². The molecule has 1 heterocycles. The fourth-order valence-corrected chi connectivity index (χ4v) is 1.02. The summed E-state index contributed by atoms with van der Waals surface area (Å²) >= 11 is 0. The molecule has 5 heteroatoms. The number of hydrogen-bond donors (Lipinski definition) is 1. The smallest absolute Gasteiger partial charge is 0.307 e. The molecule has 0 aromatic carbocycles. The minimum atomic E-state index is -0.204. The molecule has 1 aromatic rings. The fourth-order valence-electron chi connectivity index (χ4n) is 1.02. The van der Waals surface area contributed by atoms with Gasteiger partial charge in [-0.1, -0.05) is 0 Å². The standard InChI is InChI=1S/C10H15N3O2/c1-3-15-10(14)6-7-11-9-5-4-8(2)12-13-9/h4-5H,3,6-7H2,1-2H3,(H,11,13). The Labute approximate surface area is 88.9 Å². The molecule has 0 spiro atoms. The molecule has 0 saturated heterocycles. The van der Waals surface area contributed by atoms with Crippen molar-refractivity contribution in [3.8, 4) is 0 Å². The third-order valence-corrected chi connectivity index (χ3v) is 1.74. The van der Waals surface area contributed by atoms with Gasteiger partial charge in [-0.05, 0) is 26.0 Å². The minimum absolute atomic E-state index is 0.204. The summed E-state index contributed by atoms with van der Waals surface area (Å²) in [4.78, 5) is 11.0. The first-order valence-corrected chi connectivity index (χ1v) is 4.92. The van der Waals surface area contributed by atoms with Crippen molar-refractivity contribution in [3.05, 3.63) is 17.8 Å². The zero-order valence-corrected chi connectivity index (χ0v) is 8.99. The van der Waals surface area contributed by atoms with Crippen LogP contribution in [0.4, 0.5) is 5.82 Å². The van der Waals surface area contributed by atoms with Crippen LogP contribution >= 0.6 is 0 Å². The number of carbonyl (C=O) groups is 1. The molecule has 0 unspecified atom stereocenters. The van der Waals surface area contributed by atoms with E-state index < -0.39 is 0 Å². The van der Waals surface area contributed by atoms with E-state index in [2.05, 4.69) is 15.5 Å². The van der Waals surface area contributed by atoms with Crippen LogP contribution in [-0.4, -0.2) is 29.3 Å². The predicted molar refractivity (Wildman–Crippen MR) is 56.5 cm³/mol. The predicted octanol–water partition coefficient (Wildman–Crippen LogP) is 1.15. The Kier molecular flexibility index (Phi) is 4.53. The highest BCUT2D eigenvalue weighted by Gasteiger charge is 2.01. The van der Waals surface area contributed by atoms with E-state index in [9.17, 15) is 4.79 Å². The second-order valence-electron chi connectivity index (χ2n) is 3.04. The summed E-state index contributed by atoms with van der Waals surface area (Å²) in [5.41, 5.74) is 0.867. The van der Waals surface area contributed by atoms with Crippen molar-refractivity contribution in [2.45, 2.75) is 20.3 Å². The number of rotatable bonds is 5. The van der Waals surface area contributed by atoms with Crippen LogP contribution in [0.1, 0.15) is 19.0 Å². The average molecular weight is 209 g/mol. The average Bonchev–Trinajstić information content (AvgIpc) is 2.21. The number of aromatic nitrogens is 2. The van der Waals surface area contributed by atoms with E-state index in [4.69, 9.17) is 4.74 Å². The van der Waals surface area contributed by atoms with Gasteiger partial charge in [-0.15, -0.1) is 5.10 Å². The quantitative estimate of drug-likeness (QED) is 0.737. The van der Waals surface area contributed by atoms with Crippen molar-refractivity contribution in [1.29, 1.82) is 0 Å². The minimum Gasteiger partial charge on any atom is -0.466 e. The molecule has 0 fully saturated rings. The normalized spacial score (nSPS) is 9.73. The van der Waals surface area contributed by atoms with Gasteiger partial charge < -0.3 is 10.1 Å². The van der Waals surface area contributed by atoms with Crippen molar-refractivity contribution in [2.75, 3.05) is 18.5 Å². The molecule has 0 aliphatic rings. The highest BCUT2D eigenvalue weighted by Crippen LogP contribution is 2.00. The first-order valence-electron chi connectivity index (χ1n) is 4.92. The molecule has 1 aromatic heterocycles. The summed E-state index contributed by atoms with van der Waals surface area (Å²) in [6, 6.07) is 3.69. The van der Waals surface area contributed by atoms with E-state index in [1.165, 1.54) is 0 Å². The summed E-state index contributed by atoms with van der Waals surface area (Å²) in [5.74, 6) is 0.468. The molecule has 5 nitrogen and oxygen atoms in total. The topological polar surface area (TPSA) is 64.1 Å². The molecule has 1 N–H and O–H groups in total. The van der Waals surface area contributed by atoms with Gasteiger partial charge in [-0.2, -0.15) is 5.10 Å². The monoisotopic (exact) mass is 209 g/mol. The lowest BCUT2D eigenvalue weighted by Gasteiger charge is -2.04. The molecule has 0 aliphatic carbocycles. The second-order valence-corrected chi connectivity index (χ2v) is 3.04. The highest BCUT2D eigenvalue weighted by molar-refractivity contribution is 5.69. The van der Waals surface area contributed by atoms with Gasteiger partial charge in [0.1, 0.15) is 5.82 Å². The molecule has 0 bridgehead atoms. The van der Waals surface area contributed by atoms with Crippen molar-refractivity contribution in [1.82, 2.24) is 10.2 Å². The number of aryl methyl sites for hydroxylation is 1. The lowest BCUT2D eigenvalue weighted by Crippen LogP contribution is -2.12. The maximum atomic E-state index is 11.0. The van der Waals surface area contributed by atoms with Crippen LogP contribution in [0.5, 0.6) is 0 Å². The third-order valence-electron chi connectivity index (χ3n) is 1.74. The van der Waals surface area contributed by atoms with Crippen LogP contribution in [0, 0.1) is 6.92 Å². The van der Waals surface area contributed by atoms with Gasteiger partial charge in [0.25, 0.3) is 0 Å². The molecule has 0 saturated carbocycles. The molecule has 0 atom stereocenters. The number of nitrogens with zero attached hydrogens (tertiary/aromatic N) is 2. The number of hydrogen-bond acceptors (Lipinski definition) is 5. The van der Waals surface area contributed by atoms with Crippen molar-refractivity contribution in [3.63, 3.8) is 0 Å². The van der Waals surface area contributed by atoms with E-state index in [0.29, 0.717) is 25.4 Å². The van der Waals surface area contributed by atoms with Gasteiger partial charge in [0.2, 0.25) is 0 Å². The van der Waals surface area contributed by atoms with E-state index in [1.54, 1.807) is 6.92 Å². The summed E-state index contributed by atoms with van der Waals surface area (Å²) < 4.78 is 4.78. The Bertz CT molecular complexity index is 311. The first kappa shape index (κ1) is 11.4. The molecule has 0 radical (unpaired) electrons. The zero-order valence-electron chi connectivity index (χ0n) is 8.99. The Hall–Kier alpha value is -1.65.